The van der Waals surface area contributed by atoms with Crippen molar-refractivity contribution in [3.8, 4) is 11.3 Å². The van der Waals surface area contributed by atoms with Crippen molar-refractivity contribution in [1.29, 1.82) is 0 Å². The van der Waals surface area contributed by atoms with E-state index in [1.54, 1.807) is 18.5 Å². The number of nitrogens with two attached hydrogens (primary N) is 2. The molecular weight excluding hydrogens is 402 g/mol. The molecule has 8 nitrogen and oxygen atoms in total. The third kappa shape index (κ3) is 7.71. The number of hydrogen-bond donors (Lipinski definition) is 4. The minimum Gasteiger partial charge on any atom is -0.399 e. The van der Waals surface area contributed by atoms with Crippen LogP contribution in [0.1, 0.15) is 31.2 Å². The summed E-state index contributed by atoms with van der Waals surface area (Å²) < 4.78 is 0. The van der Waals surface area contributed by atoms with Gasteiger partial charge in [-0.2, -0.15) is 4.98 Å². The number of carbonyl (C=O) groups is 1. The van der Waals surface area contributed by atoms with Crippen molar-refractivity contribution < 1.29 is 4.79 Å². The van der Waals surface area contributed by atoms with Crippen LogP contribution < -0.4 is 22.1 Å². The second-order valence-electron chi connectivity index (χ2n) is 7.37. The first-order valence-electron chi connectivity index (χ1n) is 10.7. The van der Waals surface area contributed by atoms with Gasteiger partial charge in [0.15, 0.2) is 0 Å². The van der Waals surface area contributed by atoms with Gasteiger partial charge >= 0.3 is 0 Å². The fourth-order valence-electron chi connectivity index (χ4n) is 3.14. The fourth-order valence-corrected chi connectivity index (χ4v) is 3.14. The van der Waals surface area contributed by atoms with Crippen molar-refractivity contribution >= 4 is 29.4 Å². The first-order chi connectivity index (χ1) is 15.6. The number of benzene rings is 1. The van der Waals surface area contributed by atoms with Crippen molar-refractivity contribution in [2.75, 3.05) is 29.9 Å². The van der Waals surface area contributed by atoms with E-state index in [2.05, 4.69) is 25.6 Å². The first kappa shape index (κ1) is 22.7. The van der Waals surface area contributed by atoms with E-state index < -0.39 is 0 Å². The third-order valence-corrected chi connectivity index (χ3v) is 4.75. The minimum atomic E-state index is -0.0900. The van der Waals surface area contributed by atoms with Crippen LogP contribution in [0.2, 0.25) is 0 Å². The topological polar surface area (TPSA) is 132 Å². The van der Waals surface area contributed by atoms with E-state index >= 15 is 0 Å². The number of unbranched alkanes of at least 4 members (excludes halogenated alkanes) is 3. The number of nitrogens with one attached hydrogen (secondary N) is 2. The van der Waals surface area contributed by atoms with Crippen LogP contribution in [0.4, 0.5) is 17.5 Å². The second-order valence-corrected chi connectivity index (χ2v) is 7.37. The number of hydrogen-bond acceptors (Lipinski definition) is 7. The maximum Gasteiger partial charge on any atom is 0.243 e. The van der Waals surface area contributed by atoms with Crippen molar-refractivity contribution in [3.05, 3.63) is 66.5 Å². The Labute approximate surface area is 188 Å². The van der Waals surface area contributed by atoms with E-state index in [1.165, 1.54) is 6.08 Å². The standard InChI is InChI=1S/C24H29N7O/c25-20-9-5-8-19(15-20)21-16-22(31-24(26)30-21)28-13-3-1-2-4-14-29-23(32)11-10-18-7-6-12-27-17-18/h5-12,15-17H,1-4,13-14,25H2,(H,29,32)(H3,26,28,30,31)/b11-10+. The zero-order chi connectivity index (χ0) is 22.6. The van der Waals surface area contributed by atoms with E-state index in [4.69, 9.17) is 11.5 Å². The zero-order valence-corrected chi connectivity index (χ0v) is 18.0. The molecular formula is C24H29N7O. The Bertz CT molecular complexity index is 1040. The molecule has 8 heteroatoms. The molecule has 0 aliphatic carbocycles. The number of anilines is 3. The lowest BCUT2D eigenvalue weighted by Gasteiger charge is -2.09. The third-order valence-electron chi connectivity index (χ3n) is 4.75. The molecule has 3 rings (SSSR count). The van der Waals surface area contributed by atoms with Crippen LogP contribution in [-0.2, 0) is 4.79 Å². The predicted molar refractivity (Wildman–Crippen MR) is 130 cm³/mol. The molecule has 0 aliphatic heterocycles. The summed E-state index contributed by atoms with van der Waals surface area (Å²) in [4.78, 5) is 24.4. The molecule has 0 radical (unpaired) electrons. The Kier molecular flexibility index (Phi) is 8.56. The normalized spacial score (nSPS) is 10.9. The van der Waals surface area contributed by atoms with Crippen LogP contribution >= 0.6 is 0 Å². The van der Waals surface area contributed by atoms with E-state index in [1.807, 2.05) is 42.5 Å². The number of amides is 1. The quantitative estimate of drug-likeness (QED) is 0.207. The number of carbonyl (C=O) groups excluding carboxylic acids is 1. The molecule has 2 heterocycles. The average molecular weight is 432 g/mol. The largest absolute Gasteiger partial charge is 0.399 e. The SMILES string of the molecule is Nc1cccc(-c2cc(NCCCCCCNC(=O)/C=C/c3cccnc3)nc(N)n2)c1. The van der Waals surface area contributed by atoms with E-state index in [0.717, 1.165) is 49.0 Å². The number of nitrogen functional groups attached to an aromatic ring is 2. The smallest absolute Gasteiger partial charge is 0.243 e. The summed E-state index contributed by atoms with van der Waals surface area (Å²) in [5, 5.41) is 6.21. The van der Waals surface area contributed by atoms with Gasteiger partial charge in [0.05, 0.1) is 5.69 Å². The lowest BCUT2D eigenvalue weighted by molar-refractivity contribution is -0.116. The van der Waals surface area contributed by atoms with Crippen LogP contribution in [0.3, 0.4) is 0 Å². The fraction of sp³-hybridized carbons (Fsp3) is 0.250. The highest BCUT2D eigenvalue weighted by Crippen LogP contribution is 2.22. The Morgan fingerprint density at radius 1 is 0.969 bits per heavy atom. The average Bonchev–Trinajstić information content (AvgIpc) is 2.80. The van der Waals surface area contributed by atoms with Gasteiger partial charge in [0.25, 0.3) is 0 Å². The molecule has 0 bridgehead atoms. The van der Waals surface area contributed by atoms with Gasteiger partial charge < -0.3 is 22.1 Å². The lowest BCUT2D eigenvalue weighted by Crippen LogP contribution is -2.22. The molecule has 2 aromatic heterocycles. The van der Waals surface area contributed by atoms with Gasteiger partial charge in [-0.3, -0.25) is 9.78 Å². The van der Waals surface area contributed by atoms with Gasteiger partial charge in [-0.25, -0.2) is 4.98 Å². The minimum absolute atomic E-state index is 0.0900. The molecule has 3 aromatic rings. The monoisotopic (exact) mass is 431 g/mol. The molecule has 6 N–H and O–H groups in total. The molecule has 1 amide bonds. The van der Waals surface area contributed by atoms with Gasteiger partial charge in [-0.05, 0) is 42.7 Å². The molecule has 166 valence electrons. The Hall–Kier alpha value is -3.94. The summed E-state index contributed by atoms with van der Waals surface area (Å²) >= 11 is 0. The summed E-state index contributed by atoms with van der Waals surface area (Å²) in [6.45, 7) is 1.45. The van der Waals surface area contributed by atoms with Gasteiger partial charge in [0, 0.05) is 48.9 Å². The highest BCUT2D eigenvalue weighted by atomic mass is 16.1. The number of aromatic nitrogens is 3. The summed E-state index contributed by atoms with van der Waals surface area (Å²) in [6.07, 6.45) is 10.7. The van der Waals surface area contributed by atoms with Crippen LogP contribution in [-0.4, -0.2) is 33.9 Å². The van der Waals surface area contributed by atoms with Crippen LogP contribution in [0.5, 0.6) is 0 Å². The van der Waals surface area contributed by atoms with E-state index in [-0.39, 0.29) is 11.9 Å². The van der Waals surface area contributed by atoms with Crippen LogP contribution in [0.25, 0.3) is 17.3 Å². The van der Waals surface area contributed by atoms with Crippen molar-refractivity contribution in [2.45, 2.75) is 25.7 Å². The second kappa shape index (κ2) is 12.0. The Morgan fingerprint density at radius 2 is 1.81 bits per heavy atom. The molecule has 0 unspecified atom stereocenters. The van der Waals surface area contributed by atoms with Gasteiger partial charge in [-0.1, -0.05) is 31.0 Å². The molecule has 32 heavy (non-hydrogen) atoms. The molecule has 0 fully saturated rings. The van der Waals surface area contributed by atoms with Crippen LogP contribution in [0.15, 0.2) is 60.9 Å². The Morgan fingerprint density at radius 3 is 2.59 bits per heavy atom. The summed E-state index contributed by atoms with van der Waals surface area (Å²) in [6, 6.07) is 13.1. The summed E-state index contributed by atoms with van der Waals surface area (Å²) in [7, 11) is 0. The molecule has 0 aliphatic rings. The molecule has 0 saturated heterocycles. The molecule has 0 saturated carbocycles. The maximum absolute atomic E-state index is 11.8. The van der Waals surface area contributed by atoms with Crippen LogP contribution in [0, 0.1) is 0 Å². The Balaban J connectivity index is 1.31. The molecule has 0 atom stereocenters. The number of pyridine rings is 1. The first-order valence-corrected chi connectivity index (χ1v) is 10.7. The van der Waals surface area contributed by atoms with Gasteiger partial charge in [0.1, 0.15) is 5.82 Å². The zero-order valence-electron chi connectivity index (χ0n) is 18.0. The van der Waals surface area contributed by atoms with E-state index in [0.29, 0.717) is 18.1 Å². The highest BCUT2D eigenvalue weighted by Gasteiger charge is 2.05. The maximum atomic E-state index is 11.8. The summed E-state index contributed by atoms with van der Waals surface area (Å²) in [5.41, 5.74) is 14.9. The number of rotatable bonds is 11. The lowest BCUT2D eigenvalue weighted by atomic mass is 10.1. The van der Waals surface area contributed by atoms with Gasteiger partial charge in [0.2, 0.25) is 11.9 Å². The van der Waals surface area contributed by atoms with Crippen molar-refractivity contribution in [2.24, 2.45) is 0 Å². The van der Waals surface area contributed by atoms with Gasteiger partial charge in [-0.15, -0.1) is 0 Å². The number of nitrogens with zero attached hydrogens (tertiary/aromatic N) is 3. The molecule has 0 spiro atoms. The van der Waals surface area contributed by atoms with Crippen molar-refractivity contribution in [3.63, 3.8) is 0 Å². The van der Waals surface area contributed by atoms with E-state index in [9.17, 15) is 4.79 Å². The highest BCUT2D eigenvalue weighted by molar-refractivity contribution is 5.91. The van der Waals surface area contributed by atoms with Crippen molar-refractivity contribution in [1.82, 2.24) is 20.3 Å². The molecule has 1 aromatic carbocycles. The summed E-state index contributed by atoms with van der Waals surface area (Å²) in [5.74, 6) is 0.830. The predicted octanol–water partition coefficient (Wildman–Crippen LogP) is 3.50.